The third kappa shape index (κ3) is 14.0. The van der Waals surface area contributed by atoms with Gasteiger partial charge in [0.05, 0.1) is 36.3 Å². The molecule has 2 atom stereocenters. The zero-order valence-electron chi connectivity index (χ0n) is 32.2. The van der Waals surface area contributed by atoms with Crippen LogP contribution in [0.25, 0.3) is 0 Å². The van der Waals surface area contributed by atoms with Crippen LogP contribution >= 0.6 is 11.6 Å². The number of nitrogens with two attached hydrogens (primary N) is 1. The van der Waals surface area contributed by atoms with E-state index < -0.39 is 29.3 Å². The molecule has 6 rings (SSSR count). The van der Waals surface area contributed by atoms with Crippen LogP contribution in [0.4, 0.5) is 51.8 Å². The Bertz CT molecular complexity index is 2310. The standard InChI is InChI=1S/C17H22N6O4S.C12H18ClN3O2S.C5H5N3O2/c1-12-11-27-8-7-22(12)13-9-15(19-16(10-13)21-28(2,3)26)20-17-14(23(24)25)5-4-6-18-17;1-9-8-18-5-4-16(9)10-6-11(13)14-12(7-10)15-19(2,3)17;6-5-4(8(9)10)2-1-3-7-5/h4-6,9-10,12H,7-8,11H2,1-3H3,(H,18,19,20);6-7,9H,4-5,8H2,1-3H3;1-3H,(H2,6,7)/t12-;9-;/m11./s1. The first-order chi connectivity index (χ1) is 26.8. The zero-order chi connectivity index (χ0) is 41.9. The summed E-state index contributed by atoms with van der Waals surface area (Å²) >= 11 is 6.02. The summed E-state index contributed by atoms with van der Waals surface area (Å²) < 4.78 is 43.1. The second kappa shape index (κ2) is 19.7. The van der Waals surface area contributed by atoms with E-state index in [-0.39, 0.29) is 40.9 Å². The molecule has 0 radical (unpaired) electrons. The fraction of sp³-hybridized carbons (Fsp3) is 0.412. The Kier molecular flexibility index (Phi) is 15.4. The predicted octanol–water partition coefficient (Wildman–Crippen LogP) is 5.60. The molecule has 4 aromatic heterocycles. The van der Waals surface area contributed by atoms with Gasteiger partial charge in [0.1, 0.15) is 11.0 Å². The van der Waals surface area contributed by atoms with Gasteiger partial charge in [0.15, 0.2) is 11.6 Å². The summed E-state index contributed by atoms with van der Waals surface area (Å²) in [6, 6.07) is 13.2. The Morgan fingerprint density at radius 2 is 1.30 bits per heavy atom. The van der Waals surface area contributed by atoms with E-state index in [4.69, 9.17) is 26.8 Å². The number of nitrogen functional groups attached to an aromatic ring is 1. The van der Waals surface area contributed by atoms with Crippen molar-refractivity contribution < 1.29 is 27.7 Å². The number of pyridine rings is 4. The van der Waals surface area contributed by atoms with E-state index in [0.29, 0.717) is 49.8 Å². The van der Waals surface area contributed by atoms with Crippen molar-refractivity contribution in [3.8, 4) is 0 Å². The molecule has 0 saturated carbocycles. The van der Waals surface area contributed by atoms with E-state index >= 15 is 0 Å². The molecule has 0 unspecified atom stereocenters. The number of nitrogens with one attached hydrogen (secondary N) is 1. The van der Waals surface area contributed by atoms with Crippen LogP contribution in [0.1, 0.15) is 13.8 Å². The summed E-state index contributed by atoms with van der Waals surface area (Å²) in [5.41, 5.74) is 6.61. The maximum absolute atomic E-state index is 12.2. The van der Waals surface area contributed by atoms with Gasteiger partial charge in [-0.15, -0.1) is 0 Å². The minimum absolute atomic E-state index is 0.0486. The van der Waals surface area contributed by atoms with Crippen LogP contribution < -0.4 is 20.9 Å². The lowest BCUT2D eigenvalue weighted by Crippen LogP contribution is -2.43. The second-order valence-electron chi connectivity index (χ2n) is 13.3. The zero-order valence-corrected chi connectivity index (χ0v) is 34.6. The molecule has 57 heavy (non-hydrogen) atoms. The maximum Gasteiger partial charge on any atom is 0.311 e. The monoisotopic (exact) mass is 848 g/mol. The molecule has 4 aromatic rings. The molecule has 0 amide bonds. The first kappa shape index (κ1) is 44.4. The van der Waals surface area contributed by atoms with Gasteiger partial charge in [-0.3, -0.25) is 20.2 Å². The van der Waals surface area contributed by atoms with Crippen molar-refractivity contribution in [3.63, 3.8) is 0 Å². The summed E-state index contributed by atoms with van der Waals surface area (Å²) in [5, 5.41) is 24.6. The number of nitrogens with zero attached hydrogens (tertiary/aromatic N) is 10. The smallest absolute Gasteiger partial charge is 0.311 e. The minimum Gasteiger partial charge on any atom is -0.378 e. The first-order valence-corrected chi connectivity index (χ1v) is 22.3. The van der Waals surface area contributed by atoms with Crippen molar-refractivity contribution >= 4 is 82.9 Å². The van der Waals surface area contributed by atoms with Crippen molar-refractivity contribution in [3.05, 3.63) is 86.3 Å². The molecular weight excluding hydrogens is 804 g/mol. The molecule has 2 aliphatic rings. The Hall–Kier alpha value is -5.29. The van der Waals surface area contributed by atoms with Gasteiger partial charge in [-0.1, -0.05) is 11.6 Å². The van der Waals surface area contributed by atoms with Crippen molar-refractivity contribution in [2.45, 2.75) is 25.9 Å². The Labute approximate surface area is 335 Å². The number of nitro groups is 2. The second-order valence-corrected chi connectivity index (χ2v) is 18.8. The molecule has 0 aromatic carbocycles. The molecule has 2 aliphatic heterocycles. The average Bonchev–Trinajstić information content (AvgIpc) is 3.11. The third-order valence-corrected chi connectivity index (χ3v) is 9.28. The SMILES string of the molecule is C[C@@H]1COCCN1c1cc(Cl)nc(N=S(C)(C)=O)c1.C[C@@H]1COCCN1c1cc(N=S(C)(C)=O)nc(Nc2ncccc2[N+](=O)[O-])c1.Nc1ncccc1[N+](=O)[O-]. The minimum atomic E-state index is -2.43. The molecule has 23 heteroatoms. The van der Waals surface area contributed by atoms with E-state index in [1.165, 1.54) is 49.2 Å². The third-order valence-electron chi connectivity index (χ3n) is 7.83. The van der Waals surface area contributed by atoms with E-state index in [1.807, 2.05) is 13.0 Å². The van der Waals surface area contributed by atoms with E-state index in [0.717, 1.165) is 17.9 Å². The highest BCUT2D eigenvalue weighted by molar-refractivity contribution is 7.92. The number of rotatable bonds is 8. The molecule has 2 saturated heterocycles. The molecule has 20 nitrogen and oxygen atoms in total. The van der Waals surface area contributed by atoms with Gasteiger partial charge >= 0.3 is 11.4 Å². The predicted molar refractivity (Wildman–Crippen MR) is 222 cm³/mol. The van der Waals surface area contributed by atoms with Crippen molar-refractivity contribution in [1.82, 2.24) is 19.9 Å². The number of morpholine rings is 2. The molecule has 3 N–H and O–H groups in total. The number of anilines is 5. The van der Waals surface area contributed by atoms with Crippen molar-refractivity contribution in [2.75, 3.05) is 85.4 Å². The molecule has 6 heterocycles. The quantitative estimate of drug-likeness (QED) is 0.124. The van der Waals surface area contributed by atoms with Gasteiger partial charge in [-0.2, -0.15) is 8.73 Å². The highest BCUT2D eigenvalue weighted by Gasteiger charge is 2.23. The number of aromatic nitrogens is 4. The largest absolute Gasteiger partial charge is 0.378 e. The first-order valence-electron chi connectivity index (χ1n) is 17.2. The molecular formula is C34H45ClN12O8S2. The Morgan fingerprint density at radius 1 is 0.807 bits per heavy atom. The fourth-order valence-electron chi connectivity index (χ4n) is 5.46. The molecule has 0 aliphatic carbocycles. The molecule has 0 bridgehead atoms. The topological polar surface area (TPSA) is 260 Å². The van der Waals surface area contributed by atoms with Crippen LogP contribution in [0.3, 0.4) is 0 Å². The number of hydrogen-bond acceptors (Lipinski definition) is 18. The van der Waals surface area contributed by atoms with E-state index in [2.05, 4.69) is 50.7 Å². The summed E-state index contributed by atoms with van der Waals surface area (Å²) in [4.78, 5) is 40.6. The Morgan fingerprint density at radius 3 is 1.77 bits per heavy atom. The summed E-state index contributed by atoms with van der Waals surface area (Å²) in [7, 11) is -4.68. The van der Waals surface area contributed by atoms with E-state index in [1.54, 1.807) is 30.7 Å². The van der Waals surface area contributed by atoms with Crippen LogP contribution in [-0.4, -0.2) is 115 Å². The molecule has 0 spiro atoms. The summed E-state index contributed by atoms with van der Waals surface area (Å²) in [6.07, 6.45) is 9.06. The summed E-state index contributed by atoms with van der Waals surface area (Å²) in [5.74, 6) is 1.06. The number of hydrogen-bond donors (Lipinski definition) is 2. The van der Waals surface area contributed by atoms with Crippen LogP contribution in [0.2, 0.25) is 5.15 Å². The van der Waals surface area contributed by atoms with Crippen molar-refractivity contribution in [2.24, 2.45) is 8.73 Å². The maximum atomic E-state index is 12.2. The lowest BCUT2D eigenvalue weighted by atomic mass is 10.2. The van der Waals surface area contributed by atoms with Gasteiger partial charge in [0.2, 0.25) is 11.6 Å². The average molecular weight is 849 g/mol. The van der Waals surface area contributed by atoms with Gasteiger partial charge in [-0.05, 0) is 32.0 Å². The highest BCUT2D eigenvalue weighted by atomic mass is 35.5. The van der Waals surface area contributed by atoms with Gasteiger partial charge in [-0.25, -0.2) is 28.4 Å². The van der Waals surface area contributed by atoms with E-state index in [9.17, 15) is 28.6 Å². The van der Waals surface area contributed by atoms with Gasteiger partial charge in [0.25, 0.3) is 0 Å². The molecule has 308 valence electrons. The fourth-order valence-corrected chi connectivity index (χ4v) is 6.74. The van der Waals surface area contributed by atoms with Crippen LogP contribution in [0, 0.1) is 20.2 Å². The normalized spacial score (nSPS) is 16.9. The number of ether oxygens (including phenoxy) is 2. The van der Waals surface area contributed by atoms with Crippen LogP contribution in [-0.2, 0) is 28.9 Å². The Balaban J connectivity index is 0.000000213. The summed E-state index contributed by atoms with van der Waals surface area (Å²) in [6.45, 7) is 8.16. The lowest BCUT2D eigenvalue weighted by Gasteiger charge is -2.35. The van der Waals surface area contributed by atoms with Crippen molar-refractivity contribution in [1.29, 1.82) is 0 Å². The van der Waals surface area contributed by atoms with Crippen LogP contribution in [0.5, 0.6) is 0 Å². The van der Waals surface area contributed by atoms with Crippen LogP contribution in [0.15, 0.2) is 69.7 Å². The highest BCUT2D eigenvalue weighted by Crippen LogP contribution is 2.31. The lowest BCUT2D eigenvalue weighted by molar-refractivity contribution is -0.384. The molecule has 2 fully saturated rings. The van der Waals surface area contributed by atoms with Gasteiger partial charge in [0, 0.05) is 124 Å². The van der Waals surface area contributed by atoms with Gasteiger partial charge < -0.3 is 30.3 Å². The number of halogens is 1.